The molecule has 6 heavy (non-hydrogen) atoms. The largest absolute Gasteiger partial charge is 0.394 e. The summed E-state index contributed by atoms with van der Waals surface area (Å²) in [5.74, 6) is 0. The fraction of sp³-hybridized carbons (Fsp3) is 1.00. The third kappa shape index (κ3) is 8.86. The van der Waals surface area contributed by atoms with Gasteiger partial charge in [-0.25, -0.2) is 0 Å². The van der Waals surface area contributed by atoms with Crippen molar-refractivity contribution in [2.45, 2.75) is 13.0 Å². The molecule has 0 aliphatic carbocycles. The molecule has 0 fully saturated rings. The first-order chi connectivity index (χ1) is 2.27. The molecule has 0 aliphatic rings. The van der Waals surface area contributed by atoms with Crippen LogP contribution in [0.3, 0.4) is 0 Å². The standard InChI is InChI=1S/C3H8O2.H2S/c1-3(5)2-4;/h3-5H,2H2,1H3;1H2. The fourth-order valence-corrected chi connectivity index (χ4v) is 0. The van der Waals surface area contributed by atoms with Crippen LogP contribution in [0.2, 0.25) is 0 Å². The quantitative estimate of drug-likeness (QED) is 0.476. The summed E-state index contributed by atoms with van der Waals surface area (Å²) >= 11 is 0. The Morgan fingerprint density at radius 1 is 1.67 bits per heavy atom. The van der Waals surface area contributed by atoms with Gasteiger partial charge in [0.05, 0.1) is 12.7 Å². The van der Waals surface area contributed by atoms with Gasteiger partial charge < -0.3 is 10.2 Å². The van der Waals surface area contributed by atoms with Crippen LogP contribution in [-0.4, -0.2) is 22.9 Å². The molecular weight excluding hydrogens is 100 g/mol. The molecule has 1 atom stereocenters. The molecule has 1 unspecified atom stereocenters. The second-order valence-corrected chi connectivity index (χ2v) is 1.03. The van der Waals surface area contributed by atoms with E-state index >= 15 is 0 Å². The van der Waals surface area contributed by atoms with Crippen molar-refractivity contribution in [2.24, 2.45) is 0 Å². The van der Waals surface area contributed by atoms with E-state index in [1.807, 2.05) is 0 Å². The average molecular weight is 110 g/mol. The van der Waals surface area contributed by atoms with Gasteiger partial charge >= 0.3 is 0 Å². The highest BCUT2D eigenvalue weighted by Gasteiger charge is 1.83. The van der Waals surface area contributed by atoms with Gasteiger partial charge in [-0.3, -0.25) is 0 Å². The third-order valence-corrected chi connectivity index (χ3v) is 0.264. The number of hydrogen-bond donors (Lipinski definition) is 2. The van der Waals surface area contributed by atoms with Gasteiger partial charge in [0.25, 0.3) is 0 Å². The van der Waals surface area contributed by atoms with Crippen LogP contribution < -0.4 is 0 Å². The first kappa shape index (κ1) is 9.55. The Kier molecular flexibility index (Phi) is 8.39. The highest BCUT2D eigenvalue weighted by atomic mass is 32.1. The molecule has 0 rings (SSSR count). The Bertz CT molecular complexity index is 22.8. The molecular formula is C3H10O2S. The molecule has 3 heteroatoms. The SMILES string of the molecule is CC(O)CO.S. The Balaban J connectivity index is 0. The third-order valence-electron chi connectivity index (χ3n) is 0.264. The van der Waals surface area contributed by atoms with Crippen LogP contribution in [0.15, 0.2) is 0 Å². The second-order valence-electron chi connectivity index (χ2n) is 1.03. The first-order valence-electron chi connectivity index (χ1n) is 1.56. The predicted octanol–water partition coefficient (Wildman–Crippen LogP) is -0.528. The summed E-state index contributed by atoms with van der Waals surface area (Å²) in [6.45, 7) is 1.39. The molecule has 0 aromatic heterocycles. The maximum atomic E-state index is 8.11. The number of hydrogen-bond acceptors (Lipinski definition) is 2. The molecule has 0 spiro atoms. The van der Waals surface area contributed by atoms with Crippen molar-refractivity contribution in [3.8, 4) is 0 Å². The van der Waals surface area contributed by atoms with E-state index in [1.165, 1.54) is 6.92 Å². The molecule has 0 heterocycles. The monoisotopic (exact) mass is 110 g/mol. The van der Waals surface area contributed by atoms with Crippen LogP contribution in [0.5, 0.6) is 0 Å². The van der Waals surface area contributed by atoms with Crippen molar-refractivity contribution in [1.29, 1.82) is 0 Å². The lowest BCUT2D eigenvalue weighted by atomic mass is 10.5. The second kappa shape index (κ2) is 5.27. The zero-order valence-corrected chi connectivity index (χ0v) is 4.68. The molecule has 0 saturated carbocycles. The van der Waals surface area contributed by atoms with E-state index in [-0.39, 0.29) is 20.1 Å². The minimum Gasteiger partial charge on any atom is -0.394 e. The Hall–Kier alpha value is 0.270. The van der Waals surface area contributed by atoms with Gasteiger partial charge in [-0.05, 0) is 6.92 Å². The summed E-state index contributed by atoms with van der Waals surface area (Å²) in [5.41, 5.74) is 0. The van der Waals surface area contributed by atoms with Gasteiger partial charge in [-0.15, -0.1) is 0 Å². The normalized spacial score (nSPS) is 12.5. The summed E-state index contributed by atoms with van der Waals surface area (Å²) in [4.78, 5) is 0. The van der Waals surface area contributed by atoms with Crippen molar-refractivity contribution in [1.82, 2.24) is 0 Å². The van der Waals surface area contributed by atoms with Crippen molar-refractivity contribution >= 4 is 13.5 Å². The molecule has 0 aromatic rings. The van der Waals surface area contributed by atoms with Gasteiger partial charge in [0.1, 0.15) is 0 Å². The first-order valence-corrected chi connectivity index (χ1v) is 1.56. The van der Waals surface area contributed by atoms with Gasteiger partial charge in [0.15, 0.2) is 0 Å². The van der Waals surface area contributed by atoms with Crippen molar-refractivity contribution < 1.29 is 10.2 Å². The van der Waals surface area contributed by atoms with E-state index in [1.54, 1.807) is 0 Å². The predicted molar refractivity (Wildman–Crippen MR) is 29.1 cm³/mol. The Labute approximate surface area is 44.3 Å². The van der Waals surface area contributed by atoms with E-state index < -0.39 is 6.10 Å². The summed E-state index contributed by atoms with van der Waals surface area (Å²) < 4.78 is 0. The van der Waals surface area contributed by atoms with Crippen LogP contribution in [0.4, 0.5) is 0 Å². The molecule has 0 aromatic carbocycles. The molecule has 0 amide bonds. The number of aliphatic hydroxyl groups is 2. The Morgan fingerprint density at radius 3 is 1.83 bits per heavy atom. The Morgan fingerprint density at radius 2 is 1.83 bits per heavy atom. The van der Waals surface area contributed by atoms with Crippen LogP contribution in [0, 0.1) is 0 Å². The molecule has 0 saturated heterocycles. The topological polar surface area (TPSA) is 40.5 Å². The maximum Gasteiger partial charge on any atom is 0.0742 e. The van der Waals surface area contributed by atoms with Crippen molar-refractivity contribution in [2.75, 3.05) is 6.61 Å². The van der Waals surface area contributed by atoms with Crippen molar-refractivity contribution in [3.05, 3.63) is 0 Å². The average Bonchev–Trinajstić information content (AvgIpc) is 1.38. The summed E-state index contributed by atoms with van der Waals surface area (Å²) in [7, 11) is 0. The minimum atomic E-state index is -0.560. The van der Waals surface area contributed by atoms with E-state index in [9.17, 15) is 0 Å². The van der Waals surface area contributed by atoms with E-state index in [0.717, 1.165) is 0 Å². The minimum absolute atomic E-state index is 0. The number of rotatable bonds is 1. The van der Waals surface area contributed by atoms with E-state index in [0.29, 0.717) is 0 Å². The summed E-state index contributed by atoms with van der Waals surface area (Å²) in [5, 5.41) is 16.0. The fourth-order valence-electron chi connectivity index (χ4n) is 0. The zero-order chi connectivity index (χ0) is 4.28. The lowest BCUT2D eigenvalue weighted by molar-refractivity contribution is 0.110. The lowest BCUT2D eigenvalue weighted by Gasteiger charge is -1.90. The van der Waals surface area contributed by atoms with E-state index in [2.05, 4.69) is 0 Å². The van der Waals surface area contributed by atoms with Gasteiger partial charge in [0.2, 0.25) is 0 Å². The van der Waals surface area contributed by atoms with E-state index in [4.69, 9.17) is 10.2 Å². The lowest BCUT2D eigenvalue weighted by Crippen LogP contribution is -2.03. The smallest absolute Gasteiger partial charge is 0.0742 e. The van der Waals surface area contributed by atoms with Crippen LogP contribution in [0.1, 0.15) is 6.92 Å². The molecule has 2 nitrogen and oxygen atoms in total. The molecule has 2 N–H and O–H groups in total. The molecule has 0 radical (unpaired) electrons. The zero-order valence-electron chi connectivity index (χ0n) is 3.68. The van der Waals surface area contributed by atoms with Crippen LogP contribution in [0.25, 0.3) is 0 Å². The van der Waals surface area contributed by atoms with Gasteiger partial charge in [0, 0.05) is 0 Å². The highest BCUT2D eigenvalue weighted by molar-refractivity contribution is 7.59. The van der Waals surface area contributed by atoms with Gasteiger partial charge in [-0.2, -0.15) is 13.5 Å². The molecule has 40 valence electrons. The molecule has 0 bridgehead atoms. The summed E-state index contributed by atoms with van der Waals surface area (Å²) in [6.07, 6.45) is -0.560. The number of aliphatic hydroxyl groups excluding tert-OH is 2. The van der Waals surface area contributed by atoms with Crippen LogP contribution in [-0.2, 0) is 0 Å². The van der Waals surface area contributed by atoms with Gasteiger partial charge in [-0.1, -0.05) is 0 Å². The molecule has 0 aliphatic heterocycles. The highest BCUT2D eigenvalue weighted by Crippen LogP contribution is 1.68. The summed E-state index contributed by atoms with van der Waals surface area (Å²) in [6, 6.07) is 0. The maximum absolute atomic E-state index is 8.11. The van der Waals surface area contributed by atoms with Crippen molar-refractivity contribution in [3.63, 3.8) is 0 Å². The van der Waals surface area contributed by atoms with Crippen LogP contribution >= 0.6 is 13.5 Å².